The first-order valence-electron chi connectivity index (χ1n) is 8.89. The Balaban J connectivity index is 1.79. The third-order valence-electron chi connectivity index (χ3n) is 3.95. The molecule has 0 saturated heterocycles. The van der Waals surface area contributed by atoms with Crippen molar-refractivity contribution in [3.05, 3.63) is 59.4 Å². The van der Waals surface area contributed by atoms with Crippen LogP contribution in [-0.4, -0.2) is 21.4 Å². The highest BCUT2D eigenvalue weighted by atomic mass is 32.1. The molecule has 27 heavy (non-hydrogen) atoms. The zero-order valence-electron chi connectivity index (χ0n) is 15.4. The van der Waals surface area contributed by atoms with Crippen LogP contribution in [0.5, 0.6) is 0 Å². The summed E-state index contributed by atoms with van der Waals surface area (Å²) in [5.41, 5.74) is 2.20. The van der Waals surface area contributed by atoms with E-state index in [0.717, 1.165) is 30.1 Å². The molecule has 2 heterocycles. The third kappa shape index (κ3) is 4.83. The molecule has 0 fully saturated rings. The molecule has 2 amide bonds. The molecule has 3 rings (SSSR count). The predicted octanol–water partition coefficient (Wildman–Crippen LogP) is 4.49. The second-order valence-corrected chi connectivity index (χ2v) is 7.16. The summed E-state index contributed by atoms with van der Waals surface area (Å²) < 4.78 is 1.92. The van der Waals surface area contributed by atoms with E-state index in [0.29, 0.717) is 16.3 Å². The quantitative estimate of drug-likeness (QED) is 0.632. The summed E-state index contributed by atoms with van der Waals surface area (Å²) in [7, 11) is 0. The lowest BCUT2D eigenvalue weighted by Crippen LogP contribution is -2.12. The Kier molecular flexibility index (Phi) is 6.03. The molecular weight excluding hydrogens is 360 g/mol. The summed E-state index contributed by atoms with van der Waals surface area (Å²) in [5, 5.41) is 6.42. The standard InChI is InChI=1S/C20H22N4O2S/c1-3-4-7-17-18(27-20(23-17)24-12-5-6-13-24)19(26)22-16-10-8-15(9-11-16)21-14(2)25/h5-6,8-13H,3-4,7H2,1-2H3,(H,21,25)(H,22,26). The summed E-state index contributed by atoms with van der Waals surface area (Å²) in [6.45, 7) is 3.58. The molecule has 2 aromatic heterocycles. The van der Waals surface area contributed by atoms with E-state index in [1.165, 1.54) is 18.3 Å². The van der Waals surface area contributed by atoms with Crippen LogP contribution >= 0.6 is 11.3 Å². The topological polar surface area (TPSA) is 76.0 Å². The van der Waals surface area contributed by atoms with Crippen molar-refractivity contribution in [3.63, 3.8) is 0 Å². The molecule has 6 nitrogen and oxygen atoms in total. The van der Waals surface area contributed by atoms with Crippen LogP contribution in [0.15, 0.2) is 48.8 Å². The first-order chi connectivity index (χ1) is 13.1. The van der Waals surface area contributed by atoms with Gasteiger partial charge in [-0.2, -0.15) is 0 Å². The molecule has 0 aliphatic heterocycles. The van der Waals surface area contributed by atoms with Gasteiger partial charge in [0.2, 0.25) is 5.91 Å². The maximum absolute atomic E-state index is 12.8. The maximum Gasteiger partial charge on any atom is 0.267 e. The van der Waals surface area contributed by atoms with E-state index in [9.17, 15) is 9.59 Å². The Labute approximate surface area is 162 Å². The van der Waals surface area contributed by atoms with Crippen LogP contribution in [0.4, 0.5) is 11.4 Å². The first kappa shape index (κ1) is 18.8. The molecule has 0 atom stereocenters. The molecule has 0 radical (unpaired) electrons. The summed E-state index contributed by atoms with van der Waals surface area (Å²) in [5.74, 6) is -0.293. The van der Waals surface area contributed by atoms with Gasteiger partial charge < -0.3 is 15.2 Å². The van der Waals surface area contributed by atoms with Gasteiger partial charge >= 0.3 is 0 Å². The zero-order valence-corrected chi connectivity index (χ0v) is 16.2. The van der Waals surface area contributed by atoms with Crippen LogP contribution < -0.4 is 10.6 Å². The number of carbonyl (C=O) groups is 2. The Hall–Kier alpha value is -2.93. The fourth-order valence-electron chi connectivity index (χ4n) is 2.63. The highest BCUT2D eigenvalue weighted by molar-refractivity contribution is 7.16. The van der Waals surface area contributed by atoms with Gasteiger partial charge in [-0.15, -0.1) is 0 Å². The third-order valence-corrected chi connectivity index (χ3v) is 5.06. The number of aryl methyl sites for hydroxylation is 1. The summed E-state index contributed by atoms with van der Waals surface area (Å²) in [4.78, 5) is 29.2. The van der Waals surface area contributed by atoms with Gasteiger partial charge in [0.05, 0.1) is 5.69 Å². The van der Waals surface area contributed by atoms with E-state index >= 15 is 0 Å². The van der Waals surface area contributed by atoms with Crippen LogP contribution in [0.25, 0.3) is 5.13 Å². The first-order valence-corrected chi connectivity index (χ1v) is 9.70. The SMILES string of the molecule is CCCCc1nc(-n2cccc2)sc1C(=O)Nc1ccc(NC(C)=O)cc1. The monoisotopic (exact) mass is 382 g/mol. The summed E-state index contributed by atoms with van der Waals surface area (Å²) in [6.07, 6.45) is 6.65. The number of thiazole rings is 1. The van der Waals surface area contributed by atoms with Crippen molar-refractivity contribution in [2.75, 3.05) is 10.6 Å². The summed E-state index contributed by atoms with van der Waals surface area (Å²) >= 11 is 1.39. The Morgan fingerprint density at radius 3 is 2.30 bits per heavy atom. The van der Waals surface area contributed by atoms with Crippen molar-refractivity contribution in [1.82, 2.24) is 9.55 Å². The highest BCUT2D eigenvalue weighted by Gasteiger charge is 2.18. The second kappa shape index (κ2) is 8.64. The molecule has 2 N–H and O–H groups in total. The molecule has 0 unspecified atom stereocenters. The van der Waals surface area contributed by atoms with Crippen LogP contribution in [0.1, 0.15) is 42.1 Å². The van der Waals surface area contributed by atoms with E-state index in [2.05, 4.69) is 22.5 Å². The number of hydrogen-bond acceptors (Lipinski definition) is 4. The Morgan fingerprint density at radius 1 is 1.07 bits per heavy atom. The van der Waals surface area contributed by atoms with Crippen molar-refractivity contribution in [2.45, 2.75) is 33.1 Å². The number of aromatic nitrogens is 2. The fraction of sp³-hybridized carbons (Fsp3) is 0.250. The van der Waals surface area contributed by atoms with Crippen LogP contribution in [0.3, 0.4) is 0 Å². The average Bonchev–Trinajstić information content (AvgIpc) is 3.30. The van der Waals surface area contributed by atoms with Gasteiger partial charge in [0.25, 0.3) is 5.91 Å². The molecule has 3 aromatic rings. The number of amides is 2. The molecular formula is C20H22N4O2S. The van der Waals surface area contributed by atoms with E-state index in [4.69, 9.17) is 0 Å². The minimum atomic E-state index is -0.163. The lowest BCUT2D eigenvalue weighted by atomic mass is 10.2. The Morgan fingerprint density at radius 2 is 1.70 bits per heavy atom. The number of nitrogens with zero attached hydrogens (tertiary/aromatic N) is 2. The van der Waals surface area contributed by atoms with Crippen LogP contribution in [0, 0.1) is 0 Å². The van der Waals surface area contributed by atoms with Gasteiger partial charge in [0.1, 0.15) is 4.88 Å². The lowest BCUT2D eigenvalue weighted by molar-refractivity contribution is -0.114. The number of rotatable bonds is 7. The van der Waals surface area contributed by atoms with Gasteiger partial charge in [0, 0.05) is 30.7 Å². The van der Waals surface area contributed by atoms with Gasteiger partial charge in [-0.1, -0.05) is 24.7 Å². The molecule has 0 aliphatic rings. The van der Waals surface area contributed by atoms with Crippen molar-refractivity contribution in [2.24, 2.45) is 0 Å². The molecule has 0 saturated carbocycles. The molecule has 140 valence electrons. The summed E-state index contributed by atoms with van der Waals surface area (Å²) in [6, 6.07) is 10.9. The maximum atomic E-state index is 12.8. The second-order valence-electron chi connectivity index (χ2n) is 6.18. The van der Waals surface area contributed by atoms with E-state index in [-0.39, 0.29) is 11.8 Å². The van der Waals surface area contributed by atoms with Crippen LogP contribution in [-0.2, 0) is 11.2 Å². The fourth-order valence-corrected chi connectivity index (χ4v) is 3.61. The number of carbonyl (C=O) groups excluding carboxylic acids is 2. The number of benzene rings is 1. The van der Waals surface area contributed by atoms with Crippen molar-refractivity contribution in [3.8, 4) is 5.13 Å². The molecule has 7 heteroatoms. The van der Waals surface area contributed by atoms with Gasteiger partial charge in [0.15, 0.2) is 5.13 Å². The number of hydrogen-bond donors (Lipinski definition) is 2. The molecule has 1 aromatic carbocycles. The van der Waals surface area contributed by atoms with Crippen molar-refractivity contribution in [1.29, 1.82) is 0 Å². The average molecular weight is 382 g/mol. The van der Waals surface area contributed by atoms with Crippen molar-refractivity contribution >= 4 is 34.5 Å². The van der Waals surface area contributed by atoms with Gasteiger partial charge in [-0.25, -0.2) is 4.98 Å². The lowest BCUT2D eigenvalue weighted by Gasteiger charge is -2.07. The largest absolute Gasteiger partial charge is 0.326 e. The predicted molar refractivity (Wildman–Crippen MR) is 109 cm³/mol. The molecule has 0 aliphatic carbocycles. The minimum Gasteiger partial charge on any atom is -0.326 e. The minimum absolute atomic E-state index is 0.130. The normalized spacial score (nSPS) is 10.6. The van der Waals surface area contributed by atoms with E-state index in [1.807, 2.05) is 29.1 Å². The van der Waals surface area contributed by atoms with Crippen LogP contribution in [0.2, 0.25) is 0 Å². The van der Waals surface area contributed by atoms with E-state index in [1.54, 1.807) is 24.3 Å². The number of unbranched alkanes of at least 4 members (excludes halogenated alkanes) is 1. The highest BCUT2D eigenvalue weighted by Crippen LogP contribution is 2.25. The van der Waals surface area contributed by atoms with Crippen molar-refractivity contribution < 1.29 is 9.59 Å². The smallest absolute Gasteiger partial charge is 0.267 e. The zero-order chi connectivity index (χ0) is 19.2. The van der Waals surface area contributed by atoms with Gasteiger partial charge in [-0.3, -0.25) is 9.59 Å². The number of nitrogens with one attached hydrogen (secondary N) is 2. The molecule has 0 spiro atoms. The molecule has 0 bridgehead atoms. The number of anilines is 2. The van der Waals surface area contributed by atoms with Gasteiger partial charge in [-0.05, 0) is 49.2 Å². The Bertz CT molecular complexity index is 914. The van der Waals surface area contributed by atoms with E-state index < -0.39 is 0 Å².